The van der Waals surface area contributed by atoms with Crippen LogP contribution in [0.3, 0.4) is 0 Å². The highest BCUT2D eigenvalue weighted by atomic mass is 16.5. The zero-order valence-electron chi connectivity index (χ0n) is 17.6. The number of benzene rings is 2. The van der Waals surface area contributed by atoms with Crippen molar-refractivity contribution in [3.8, 4) is 22.8 Å². The maximum atomic E-state index is 12.8. The molecule has 4 rings (SSSR count). The molecule has 2 amide bonds. The topological polar surface area (TPSA) is 79.8 Å². The van der Waals surface area contributed by atoms with Crippen molar-refractivity contribution in [2.24, 2.45) is 0 Å². The lowest BCUT2D eigenvalue weighted by atomic mass is 10.1. The predicted molar refractivity (Wildman–Crippen MR) is 120 cm³/mol. The number of amides is 2. The molecule has 0 saturated carbocycles. The zero-order chi connectivity index (χ0) is 21.6. The number of hydrogen-bond acceptors (Lipinski definition) is 6. The third-order valence-corrected chi connectivity index (χ3v) is 5.26. The van der Waals surface area contributed by atoms with Crippen molar-refractivity contribution in [3.05, 3.63) is 60.9 Å². The lowest BCUT2D eigenvalue weighted by Gasteiger charge is -2.35. The molecule has 0 radical (unpaired) electrons. The van der Waals surface area contributed by atoms with E-state index in [1.54, 1.807) is 43.6 Å². The van der Waals surface area contributed by atoms with E-state index in [9.17, 15) is 4.79 Å². The molecule has 31 heavy (non-hydrogen) atoms. The first-order valence-electron chi connectivity index (χ1n) is 10.1. The van der Waals surface area contributed by atoms with Crippen molar-refractivity contribution in [1.82, 2.24) is 14.9 Å². The van der Waals surface area contributed by atoms with Crippen LogP contribution in [0.15, 0.2) is 60.9 Å². The van der Waals surface area contributed by atoms with E-state index in [0.29, 0.717) is 43.4 Å². The lowest BCUT2D eigenvalue weighted by molar-refractivity contribution is 0.208. The molecule has 8 heteroatoms. The van der Waals surface area contributed by atoms with Gasteiger partial charge in [0, 0.05) is 43.9 Å². The van der Waals surface area contributed by atoms with E-state index in [4.69, 9.17) is 9.47 Å². The van der Waals surface area contributed by atoms with Crippen LogP contribution in [0.1, 0.15) is 0 Å². The Hall–Kier alpha value is -3.81. The molecule has 1 saturated heterocycles. The van der Waals surface area contributed by atoms with Gasteiger partial charge in [-0.25, -0.2) is 14.8 Å². The minimum atomic E-state index is -0.157. The minimum absolute atomic E-state index is 0.157. The standard InChI is InChI=1S/C23H25N5O3/c1-30-18-8-9-19(21(14-18)31-2)26-23(29)28-12-10-27(11-13-28)22-15-20(24-16-25-22)17-6-4-3-5-7-17/h3-9,14-16H,10-13H2,1-2H3,(H,26,29). The molecule has 3 aromatic rings. The molecule has 0 aliphatic carbocycles. The average Bonchev–Trinajstić information content (AvgIpc) is 2.85. The number of rotatable bonds is 5. The van der Waals surface area contributed by atoms with Crippen LogP contribution < -0.4 is 19.7 Å². The van der Waals surface area contributed by atoms with Gasteiger partial charge in [-0.2, -0.15) is 0 Å². The van der Waals surface area contributed by atoms with Gasteiger partial charge in [0.15, 0.2) is 0 Å². The Balaban J connectivity index is 1.38. The summed E-state index contributed by atoms with van der Waals surface area (Å²) < 4.78 is 10.6. The van der Waals surface area contributed by atoms with Crippen LogP contribution in [0.4, 0.5) is 16.3 Å². The second kappa shape index (κ2) is 9.34. The van der Waals surface area contributed by atoms with Crippen LogP contribution in [0.25, 0.3) is 11.3 Å². The number of ether oxygens (including phenoxy) is 2. The summed E-state index contributed by atoms with van der Waals surface area (Å²) in [6, 6.07) is 17.2. The molecule has 2 aromatic carbocycles. The second-order valence-corrected chi connectivity index (χ2v) is 7.10. The first-order valence-corrected chi connectivity index (χ1v) is 10.1. The molecule has 1 N–H and O–H groups in total. The molecule has 1 aliphatic heterocycles. The summed E-state index contributed by atoms with van der Waals surface area (Å²) in [5.41, 5.74) is 2.55. The van der Waals surface area contributed by atoms with E-state index in [-0.39, 0.29) is 6.03 Å². The van der Waals surface area contributed by atoms with Gasteiger partial charge in [0.2, 0.25) is 0 Å². The number of carbonyl (C=O) groups excluding carboxylic acids is 1. The smallest absolute Gasteiger partial charge is 0.322 e. The van der Waals surface area contributed by atoms with Crippen molar-refractivity contribution < 1.29 is 14.3 Å². The quantitative estimate of drug-likeness (QED) is 0.682. The summed E-state index contributed by atoms with van der Waals surface area (Å²) in [6.45, 7) is 2.57. The average molecular weight is 419 g/mol. The van der Waals surface area contributed by atoms with Gasteiger partial charge in [-0.3, -0.25) is 0 Å². The predicted octanol–water partition coefficient (Wildman–Crippen LogP) is 3.51. The fourth-order valence-corrected chi connectivity index (χ4v) is 3.52. The highest BCUT2D eigenvalue weighted by Gasteiger charge is 2.23. The summed E-state index contributed by atoms with van der Waals surface area (Å²) in [4.78, 5) is 25.5. The van der Waals surface area contributed by atoms with Gasteiger partial charge in [-0.15, -0.1) is 0 Å². The van der Waals surface area contributed by atoms with Crippen LogP contribution in [-0.4, -0.2) is 61.3 Å². The largest absolute Gasteiger partial charge is 0.497 e. The molecule has 0 atom stereocenters. The number of piperazine rings is 1. The fourth-order valence-electron chi connectivity index (χ4n) is 3.52. The highest BCUT2D eigenvalue weighted by Crippen LogP contribution is 2.29. The van der Waals surface area contributed by atoms with E-state index >= 15 is 0 Å². The first-order chi connectivity index (χ1) is 15.2. The number of nitrogens with zero attached hydrogens (tertiary/aromatic N) is 4. The van der Waals surface area contributed by atoms with Gasteiger partial charge in [-0.1, -0.05) is 30.3 Å². The Morgan fingerprint density at radius 1 is 0.935 bits per heavy atom. The third-order valence-electron chi connectivity index (χ3n) is 5.26. The van der Waals surface area contributed by atoms with Gasteiger partial charge in [-0.05, 0) is 12.1 Å². The highest BCUT2D eigenvalue weighted by molar-refractivity contribution is 5.91. The molecular weight excluding hydrogens is 394 g/mol. The molecule has 0 spiro atoms. The Bertz CT molecular complexity index is 1040. The number of hydrogen-bond donors (Lipinski definition) is 1. The summed E-state index contributed by atoms with van der Waals surface area (Å²) >= 11 is 0. The number of urea groups is 1. The number of methoxy groups -OCH3 is 2. The van der Waals surface area contributed by atoms with E-state index in [1.807, 2.05) is 36.4 Å². The molecule has 160 valence electrons. The Morgan fingerprint density at radius 3 is 2.42 bits per heavy atom. The lowest BCUT2D eigenvalue weighted by Crippen LogP contribution is -2.50. The minimum Gasteiger partial charge on any atom is -0.497 e. The Labute approximate surface area is 181 Å². The molecular formula is C23H25N5O3. The SMILES string of the molecule is COc1ccc(NC(=O)N2CCN(c3cc(-c4ccccc4)ncn3)CC2)c(OC)c1. The fraction of sp³-hybridized carbons (Fsp3) is 0.261. The van der Waals surface area contributed by atoms with Crippen LogP contribution in [0, 0.1) is 0 Å². The summed E-state index contributed by atoms with van der Waals surface area (Å²) in [6.07, 6.45) is 1.59. The molecule has 1 aromatic heterocycles. The zero-order valence-corrected chi connectivity index (χ0v) is 17.6. The Morgan fingerprint density at radius 2 is 1.71 bits per heavy atom. The van der Waals surface area contributed by atoms with Crippen molar-refractivity contribution >= 4 is 17.5 Å². The van der Waals surface area contributed by atoms with Gasteiger partial charge in [0.1, 0.15) is 23.6 Å². The van der Waals surface area contributed by atoms with E-state index in [0.717, 1.165) is 17.1 Å². The first kappa shape index (κ1) is 20.5. The molecule has 1 fully saturated rings. The van der Waals surface area contributed by atoms with E-state index in [1.165, 1.54) is 0 Å². The normalized spacial score (nSPS) is 13.6. The van der Waals surface area contributed by atoms with Gasteiger partial charge >= 0.3 is 6.03 Å². The van der Waals surface area contributed by atoms with Crippen molar-refractivity contribution in [2.75, 3.05) is 50.6 Å². The number of carbonyl (C=O) groups is 1. The van der Waals surface area contributed by atoms with Crippen molar-refractivity contribution in [2.45, 2.75) is 0 Å². The molecule has 8 nitrogen and oxygen atoms in total. The van der Waals surface area contributed by atoms with Crippen molar-refractivity contribution in [3.63, 3.8) is 0 Å². The Kier molecular flexibility index (Phi) is 6.16. The van der Waals surface area contributed by atoms with Crippen molar-refractivity contribution in [1.29, 1.82) is 0 Å². The summed E-state index contributed by atoms with van der Waals surface area (Å²) in [7, 11) is 3.15. The van der Waals surface area contributed by atoms with Crippen LogP contribution in [-0.2, 0) is 0 Å². The monoisotopic (exact) mass is 419 g/mol. The van der Waals surface area contributed by atoms with Gasteiger partial charge in [0.05, 0.1) is 25.6 Å². The van der Waals surface area contributed by atoms with E-state index < -0.39 is 0 Å². The number of anilines is 2. The number of nitrogens with one attached hydrogen (secondary N) is 1. The maximum absolute atomic E-state index is 12.8. The van der Waals surface area contributed by atoms with Crippen LogP contribution in [0.5, 0.6) is 11.5 Å². The summed E-state index contributed by atoms with van der Waals surface area (Å²) in [5.74, 6) is 2.09. The van der Waals surface area contributed by atoms with Crippen LogP contribution in [0.2, 0.25) is 0 Å². The molecule has 1 aliphatic rings. The number of aromatic nitrogens is 2. The third kappa shape index (κ3) is 4.69. The van der Waals surface area contributed by atoms with E-state index in [2.05, 4.69) is 20.2 Å². The van der Waals surface area contributed by atoms with Crippen LogP contribution >= 0.6 is 0 Å². The van der Waals surface area contributed by atoms with Gasteiger partial charge in [0.25, 0.3) is 0 Å². The maximum Gasteiger partial charge on any atom is 0.322 e. The molecule has 0 bridgehead atoms. The second-order valence-electron chi connectivity index (χ2n) is 7.10. The molecule has 0 unspecified atom stereocenters. The van der Waals surface area contributed by atoms with Gasteiger partial charge < -0.3 is 24.6 Å². The summed E-state index contributed by atoms with van der Waals surface area (Å²) in [5, 5.41) is 2.93. The molecule has 2 heterocycles.